The third kappa shape index (κ3) is 8.03. The molecule has 1 aromatic carbocycles. The largest absolute Gasteiger partial charge is 0.463 e. The second-order valence-electron chi connectivity index (χ2n) is 10.5. The summed E-state index contributed by atoms with van der Waals surface area (Å²) in [5, 5.41) is 12.7. The van der Waals surface area contributed by atoms with Crippen LogP contribution in [-0.4, -0.2) is 59.1 Å². The van der Waals surface area contributed by atoms with Crippen LogP contribution in [0.15, 0.2) is 55.6 Å². The Morgan fingerprint density at radius 1 is 1.08 bits per heavy atom. The number of aliphatic hydroxyl groups is 1. The maximum absolute atomic E-state index is 13.4. The molecular weight excluding hydrogens is 468 g/mol. The zero-order valence-corrected chi connectivity index (χ0v) is 21.9. The molecule has 7 nitrogen and oxygen atoms in total. The smallest absolute Gasteiger partial charge is 0.309 e. The molecule has 0 spiro atoms. The van der Waals surface area contributed by atoms with Gasteiger partial charge in [-0.2, -0.15) is 0 Å². The number of esters is 1. The predicted octanol–water partition coefficient (Wildman–Crippen LogP) is 3.96. The van der Waals surface area contributed by atoms with Crippen molar-refractivity contribution in [1.82, 2.24) is 10.2 Å². The number of likely N-dealkylation sites (tertiary alicyclic amines) is 1. The summed E-state index contributed by atoms with van der Waals surface area (Å²) in [7, 11) is 0. The third-order valence-corrected chi connectivity index (χ3v) is 7.70. The van der Waals surface area contributed by atoms with E-state index in [0.717, 1.165) is 44.1 Å². The molecule has 3 rings (SSSR count). The maximum Gasteiger partial charge on any atom is 0.309 e. The zero-order valence-electron chi connectivity index (χ0n) is 21.9. The van der Waals surface area contributed by atoms with E-state index in [2.05, 4.69) is 18.5 Å². The molecule has 202 valence electrons. The number of nitrogens with one attached hydrogen (secondary N) is 1. The number of hydrogen-bond donors (Lipinski definition) is 2. The fourth-order valence-electron chi connectivity index (χ4n) is 5.58. The van der Waals surface area contributed by atoms with E-state index in [0.29, 0.717) is 25.8 Å². The summed E-state index contributed by atoms with van der Waals surface area (Å²) < 4.78 is 5.82. The Hall–Kier alpha value is -2.93. The van der Waals surface area contributed by atoms with E-state index in [1.807, 2.05) is 30.3 Å². The molecule has 3 atom stereocenters. The number of hydrogen-bond acceptors (Lipinski definition) is 5. The van der Waals surface area contributed by atoms with E-state index in [4.69, 9.17) is 4.74 Å². The van der Waals surface area contributed by atoms with E-state index in [1.54, 1.807) is 17.1 Å². The number of carbonyl (C=O) groups excluding carboxylic acids is 3. The maximum atomic E-state index is 13.4. The summed E-state index contributed by atoms with van der Waals surface area (Å²) in [6.45, 7) is 8.24. The second kappa shape index (κ2) is 14.1. The van der Waals surface area contributed by atoms with Crippen molar-refractivity contribution < 1.29 is 24.2 Å². The molecular formula is C30H42N2O5. The van der Waals surface area contributed by atoms with Crippen molar-refractivity contribution in [2.45, 2.75) is 75.8 Å². The van der Waals surface area contributed by atoms with Gasteiger partial charge in [-0.25, -0.2) is 0 Å². The number of ether oxygens (including phenoxy) is 1. The number of nitrogens with zero attached hydrogens (tertiary/aromatic N) is 1. The van der Waals surface area contributed by atoms with Crippen molar-refractivity contribution in [2.24, 2.45) is 11.8 Å². The molecule has 2 fully saturated rings. The van der Waals surface area contributed by atoms with E-state index in [9.17, 15) is 19.5 Å². The molecule has 1 heterocycles. The van der Waals surface area contributed by atoms with Crippen LogP contribution in [0.1, 0.15) is 63.4 Å². The molecule has 0 radical (unpaired) electrons. The van der Waals surface area contributed by atoms with Crippen LogP contribution in [-0.2, 0) is 25.5 Å². The van der Waals surface area contributed by atoms with Crippen LogP contribution in [0.3, 0.4) is 0 Å². The lowest BCUT2D eigenvalue weighted by molar-refractivity contribution is -0.152. The van der Waals surface area contributed by atoms with Gasteiger partial charge in [-0.05, 0) is 50.5 Å². The molecule has 1 aliphatic carbocycles. The molecule has 1 aliphatic heterocycles. The van der Waals surface area contributed by atoms with Crippen LogP contribution in [0.5, 0.6) is 0 Å². The third-order valence-electron chi connectivity index (χ3n) is 7.70. The van der Waals surface area contributed by atoms with Crippen molar-refractivity contribution in [3.63, 3.8) is 0 Å². The van der Waals surface area contributed by atoms with Crippen LogP contribution >= 0.6 is 0 Å². The van der Waals surface area contributed by atoms with Crippen molar-refractivity contribution in [3.05, 3.63) is 61.2 Å². The van der Waals surface area contributed by atoms with Gasteiger partial charge in [-0.15, -0.1) is 13.2 Å². The van der Waals surface area contributed by atoms with Gasteiger partial charge in [0.05, 0.1) is 30.0 Å². The molecule has 0 bridgehead atoms. The average Bonchev–Trinajstić information content (AvgIpc) is 3.57. The second-order valence-corrected chi connectivity index (χ2v) is 10.5. The van der Waals surface area contributed by atoms with E-state index in [-0.39, 0.29) is 49.4 Å². The lowest BCUT2D eigenvalue weighted by Crippen LogP contribution is -2.53. The van der Waals surface area contributed by atoms with Crippen molar-refractivity contribution in [1.29, 1.82) is 0 Å². The molecule has 2 N–H and O–H groups in total. The lowest BCUT2D eigenvalue weighted by atomic mass is 9.93. The SMILES string of the molecule is C=CCC(CC(=O)N1CCCC1CO)C(=O)NC1(COC(=O)C(CC=C)Cc2ccccc2)CCCC1. The number of allylic oxidation sites excluding steroid dienone is 2. The van der Waals surface area contributed by atoms with E-state index >= 15 is 0 Å². The zero-order chi connectivity index (χ0) is 26.7. The quantitative estimate of drug-likeness (QED) is 0.292. The number of carbonyl (C=O) groups is 3. The van der Waals surface area contributed by atoms with Crippen molar-refractivity contribution >= 4 is 17.8 Å². The monoisotopic (exact) mass is 510 g/mol. The summed E-state index contributed by atoms with van der Waals surface area (Å²) in [6, 6.07) is 9.67. The average molecular weight is 511 g/mol. The lowest BCUT2D eigenvalue weighted by Gasteiger charge is -2.32. The Kier molecular flexibility index (Phi) is 10.9. The predicted molar refractivity (Wildman–Crippen MR) is 143 cm³/mol. The van der Waals surface area contributed by atoms with Crippen LogP contribution in [0.2, 0.25) is 0 Å². The minimum Gasteiger partial charge on any atom is -0.463 e. The fraction of sp³-hybridized carbons (Fsp3) is 0.567. The normalized spacial score (nSPS) is 20.1. The Morgan fingerprint density at radius 3 is 2.41 bits per heavy atom. The molecule has 3 unspecified atom stereocenters. The molecule has 2 amide bonds. The number of amides is 2. The van der Waals surface area contributed by atoms with Crippen molar-refractivity contribution in [3.8, 4) is 0 Å². The number of aliphatic hydroxyl groups excluding tert-OH is 1. The van der Waals surface area contributed by atoms with Crippen LogP contribution in [0.25, 0.3) is 0 Å². The molecule has 0 aromatic heterocycles. The Labute approximate surface area is 221 Å². The molecule has 1 aromatic rings. The number of rotatable bonds is 14. The summed E-state index contributed by atoms with van der Waals surface area (Å²) in [5.41, 5.74) is 0.440. The van der Waals surface area contributed by atoms with Crippen molar-refractivity contribution in [2.75, 3.05) is 19.8 Å². The minimum absolute atomic E-state index is 0.0599. The van der Waals surface area contributed by atoms with Gasteiger partial charge in [0.15, 0.2) is 0 Å². The fourth-order valence-corrected chi connectivity index (χ4v) is 5.58. The topological polar surface area (TPSA) is 95.9 Å². The Balaban J connectivity index is 1.62. The van der Waals surface area contributed by atoms with E-state index in [1.165, 1.54) is 0 Å². The summed E-state index contributed by atoms with van der Waals surface area (Å²) >= 11 is 0. The van der Waals surface area contributed by atoms with Gasteiger partial charge in [-0.1, -0.05) is 55.3 Å². The van der Waals surface area contributed by atoms with Gasteiger partial charge >= 0.3 is 5.97 Å². The van der Waals surface area contributed by atoms with Crippen LogP contribution in [0, 0.1) is 11.8 Å². The van der Waals surface area contributed by atoms with Crippen LogP contribution < -0.4 is 5.32 Å². The summed E-state index contributed by atoms with van der Waals surface area (Å²) in [4.78, 5) is 41.1. The molecule has 1 saturated carbocycles. The molecule has 37 heavy (non-hydrogen) atoms. The molecule has 1 saturated heterocycles. The first-order valence-corrected chi connectivity index (χ1v) is 13.6. The van der Waals surface area contributed by atoms with Gasteiger partial charge in [0.1, 0.15) is 6.61 Å². The van der Waals surface area contributed by atoms with Crippen LogP contribution in [0.4, 0.5) is 0 Å². The van der Waals surface area contributed by atoms with Gasteiger partial charge in [0.2, 0.25) is 11.8 Å². The standard InChI is InChI=1S/C30H42N2O5/c1-3-11-24(20-27(34)32-18-10-15-26(32)21-33)28(35)31-30(16-8-9-17-30)22-37-29(36)25(12-4-2)19-23-13-6-5-7-14-23/h3-7,13-14,24-26,33H,1-2,8-12,15-22H2,(H,31,35). The van der Waals surface area contributed by atoms with Gasteiger partial charge < -0.3 is 20.1 Å². The molecule has 7 heteroatoms. The minimum atomic E-state index is -0.623. The van der Waals surface area contributed by atoms with Gasteiger partial charge in [0, 0.05) is 13.0 Å². The molecule has 2 aliphatic rings. The Bertz CT molecular complexity index is 925. The van der Waals surface area contributed by atoms with Gasteiger partial charge in [0.25, 0.3) is 0 Å². The first kappa shape index (κ1) is 28.6. The first-order chi connectivity index (χ1) is 17.9. The number of benzene rings is 1. The van der Waals surface area contributed by atoms with Gasteiger partial charge in [-0.3, -0.25) is 14.4 Å². The summed E-state index contributed by atoms with van der Waals surface area (Å²) in [6.07, 6.45) is 9.91. The first-order valence-electron chi connectivity index (χ1n) is 13.6. The summed E-state index contributed by atoms with van der Waals surface area (Å²) in [5.74, 6) is -1.49. The highest BCUT2D eigenvalue weighted by molar-refractivity contribution is 5.86. The highest BCUT2D eigenvalue weighted by Crippen LogP contribution is 2.32. The highest BCUT2D eigenvalue weighted by atomic mass is 16.5. The highest BCUT2D eigenvalue weighted by Gasteiger charge is 2.39. The Morgan fingerprint density at radius 2 is 1.76 bits per heavy atom. The van der Waals surface area contributed by atoms with E-state index < -0.39 is 11.5 Å².